The van der Waals surface area contributed by atoms with Gasteiger partial charge >= 0.3 is 0 Å². The molecule has 0 aliphatic rings. The number of carbonyl (C=O) groups excluding carboxylic acids is 2. The van der Waals surface area contributed by atoms with Crippen molar-refractivity contribution in [1.82, 2.24) is 0 Å². The van der Waals surface area contributed by atoms with Crippen molar-refractivity contribution in [2.75, 3.05) is 5.32 Å². The summed E-state index contributed by atoms with van der Waals surface area (Å²) in [7, 11) is 0. The van der Waals surface area contributed by atoms with E-state index in [4.69, 9.17) is 0 Å². The average Bonchev–Trinajstić information content (AvgIpc) is 2.71. The Morgan fingerprint density at radius 3 is 1.92 bits per heavy atom. The van der Waals surface area contributed by atoms with E-state index in [0.29, 0.717) is 23.2 Å². The van der Waals surface area contributed by atoms with Gasteiger partial charge in [0.1, 0.15) is 0 Å². The molecule has 0 heterocycles. The highest BCUT2D eigenvalue weighted by atomic mass is 16.1. The van der Waals surface area contributed by atoms with Gasteiger partial charge in [-0.25, -0.2) is 0 Å². The molecule has 3 aromatic carbocycles. The van der Waals surface area contributed by atoms with Gasteiger partial charge in [-0.1, -0.05) is 73.7 Å². The van der Waals surface area contributed by atoms with Gasteiger partial charge in [-0.05, 0) is 30.2 Å². The summed E-state index contributed by atoms with van der Waals surface area (Å²) in [6.07, 6.45) is 0.659. The lowest BCUT2D eigenvalue weighted by atomic mass is 9.87. The standard InChI is InChI=1S/C23H21NO2/c1-2-19(22(25)17-11-5-3-6-12-17)20-15-9-10-16-21(20)24-23(26)18-13-7-4-8-14-18/h3-16,19H,2H2,1H3,(H,24,26). The van der Waals surface area contributed by atoms with Crippen LogP contribution >= 0.6 is 0 Å². The second-order valence-corrected chi connectivity index (χ2v) is 6.10. The van der Waals surface area contributed by atoms with Crippen LogP contribution in [0.25, 0.3) is 0 Å². The molecule has 130 valence electrons. The normalized spacial score (nSPS) is 11.6. The summed E-state index contributed by atoms with van der Waals surface area (Å²) in [5.41, 5.74) is 2.79. The molecule has 0 saturated heterocycles. The van der Waals surface area contributed by atoms with Gasteiger partial charge in [-0.15, -0.1) is 0 Å². The molecule has 3 aromatic rings. The van der Waals surface area contributed by atoms with Crippen molar-refractivity contribution >= 4 is 17.4 Å². The maximum absolute atomic E-state index is 13.0. The van der Waals surface area contributed by atoms with Crippen LogP contribution in [0.2, 0.25) is 0 Å². The van der Waals surface area contributed by atoms with E-state index in [-0.39, 0.29) is 17.6 Å². The number of nitrogens with one attached hydrogen (secondary N) is 1. The van der Waals surface area contributed by atoms with E-state index in [0.717, 1.165) is 5.56 Å². The Labute approximate surface area is 153 Å². The predicted molar refractivity (Wildman–Crippen MR) is 105 cm³/mol. The molecule has 3 rings (SSSR count). The van der Waals surface area contributed by atoms with Crippen LogP contribution in [0.3, 0.4) is 0 Å². The van der Waals surface area contributed by atoms with E-state index in [1.165, 1.54) is 0 Å². The number of anilines is 1. The molecule has 1 unspecified atom stereocenters. The van der Waals surface area contributed by atoms with Crippen molar-refractivity contribution in [1.29, 1.82) is 0 Å². The summed E-state index contributed by atoms with van der Waals surface area (Å²) in [4.78, 5) is 25.5. The van der Waals surface area contributed by atoms with Crippen LogP contribution < -0.4 is 5.32 Å². The Morgan fingerprint density at radius 2 is 1.31 bits per heavy atom. The number of hydrogen-bond donors (Lipinski definition) is 1. The second-order valence-electron chi connectivity index (χ2n) is 6.10. The molecule has 1 amide bonds. The molecule has 0 saturated carbocycles. The largest absolute Gasteiger partial charge is 0.322 e. The molecule has 0 aromatic heterocycles. The van der Waals surface area contributed by atoms with Gasteiger partial charge in [-0.2, -0.15) is 0 Å². The third kappa shape index (κ3) is 3.89. The first-order chi connectivity index (χ1) is 12.7. The number of ketones is 1. The van der Waals surface area contributed by atoms with Gasteiger partial charge in [0.25, 0.3) is 5.91 Å². The molecule has 0 aliphatic carbocycles. The van der Waals surface area contributed by atoms with Crippen LogP contribution in [-0.4, -0.2) is 11.7 Å². The molecule has 3 nitrogen and oxygen atoms in total. The van der Waals surface area contributed by atoms with Crippen LogP contribution in [0, 0.1) is 0 Å². The zero-order chi connectivity index (χ0) is 18.4. The van der Waals surface area contributed by atoms with E-state index in [1.807, 2.05) is 79.7 Å². The predicted octanol–water partition coefficient (Wildman–Crippen LogP) is 5.32. The molecule has 0 spiro atoms. The highest BCUT2D eigenvalue weighted by Crippen LogP contribution is 2.30. The smallest absolute Gasteiger partial charge is 0.255 e. The Kier molecular flexibility index (Phi) is 5.59. The number of hydrogen-bond acceptors (Lipinski definition) is 2. The number of amides is 1. The highest BCUT2D eigenvalue weighted by molar-refractivity contribution is 6.06. The molecule has 1 N–H and O–H groups in total. The SMILES string of the molecule is CCC(C(=O)c1ccccc1)c1ccccc1NC(=O)c1ccccc1. The number of benzene rings is 3. The lowest BCUT2D eigenvalue weighted by Crippen LogP contribution is -2.17. The number of carbonyl (C=O) groups is 2. The van der Waals surface area contributed by atoms with Gasteiger partial charge in [0.05, 0.1) is 0 Å². The summed E-state index contributed by atoms with van der Waals surface area (Å²) in [5, 5.41) is 2.96. The summed E-state index contributed by atoms with van der Waals surface area (Å²) in [6, 6.07) is 25.9. The Hall–Kier alpha value is -3.20. The molecule has 0 aliphatic heterocycles. The fourth-order valence-electron chi connectivity index (χ4n) is 3.05. The first kappa shape index (κ1) is 17.6. The Morgan fingerprint density at radius 1 is 0.769 bits per heavy atom. The lowest BCUT2D eigenvalue weighted by molar-refractivity contribution is 0.0955. The lowest BCUT2D eigenvalue weighted by Gasteiger charge is -2.19. The van der Waals surface area contributed by atoms with E-state index in [2.05, 4.69) is 5.32 Å². The fraction of sp³-hybridized carbons (Fsp3) is 0.130. The zero-order valence-electron chi connectivity index (χ0n) is 14.7. The molecule has 0 fully saturated rings. The maximum atomic E-state index is 13.0. The monoisotopic (exact) mass is 343 g/mol. The van der Waals surface area contributed by atoms with Gasteiger partial charge in [0.2, 0.25) is 0 Å². The van der Waals surface area contributed by atoms with Crippen molar-refractivity contribution in [2.45, 2.75) is 19.3 Å². The van der Waals surface area contributed by atoms with Crippen molar-refractivity contribution in [3.8, 4) is 0 Å². The van der Waals surface area contributed by atoms with Gasteiger partial charge in [0, 0.05) is 22.7 Å². The Balaban J connectivity index is 1.90. The van der Waals surface area contributed by atoms with Gasteiger partial charge in [-0.3, -0.25) is 9.59 Å². The van der Waals surface area contributed by atoms with Crippen molar-refractivity contribution < 1.29 is 9.59 Å². The molecular weight excluding hydrogens is 322 g/mol. The first-order valence-corrected chi connectivity index (χ1v) is 8.75. The summed E-state index contributed by atoms with van der Waals surface area (Å²) in [6.45, 7) is 1.99. The van der Waals surface area contributed by atoms with E-state index in [9.17, 15) is 9.59 Å². The molecular formula is C23H21NO2. The van der Waals surface area contributed by atoms with Crippen LogP contribution in [0.15, 0.2) is 84.9 Å². The quantitative estimate of drug-likeness (QED) is 0.616. The van der Waals surface area contributed by atoms with Crippen LogP contribution in [-0.2, 0) is 0 Å². The van der Waals surface area contributed by atoms with Gasteiger partial charge in [0.15, 0.2) is 5.78 Å². The van der Waals surface area contributed by atoms with Crippen LogP contribution in [0.5, 0.6) is 0 Å². The second kappa shape index (κ2) is 8.26. The number of rotatable bonds is 6. The van der Waals surface area contributed by atoms with Crippen molar-refractivity contribution in [3.05, 3.63) is 102 Å². The summed E-state index contributed by atoms with van der Waals surface area (Å²) < 4.78 is 0. The van der Waals surface area contributed by atoms with Gasteiger partial charge < -0.3 is 5.32 Å². The fourth-order valence-corrected chi connectivity index (χ4v) is 3.05. The third-order valence-corrected chi connectivity index (χ3v) is 4.40. The van der Waals surface area contributed by atoms with E-state index in [1.54, 1.807) is 12.1 Å². The molecule has 0 bridgehead atoms. The minimum Gasteiger partial charge on any atom is -0.322 e. The van der Waals surface area contributed by atoms with Crippen LogP contribution in [0.1, 0.15) is 45.5 Å². The maximum Gasteiger partial charge on any atom is 0.255 e. The van der Waals surface area contributed by atoms with Crippen molar-refractivity contribution in [3.63, 3.8) is 0 Å². The molecule has 1 atom stereocenters. The summed E-state index contributed by atoms with van der Waals surface area (Å²) in [5.74, 6) is -0.417. The molecule has 26 heavy (non-hydrogen) atoms. The van der Waals surface area contributed by atoms with Crippen LogP contribution in [0.4, 0.5) is 5.69 Å². The Bertz CT molecular complexity index is 888. The first-order valence-electron chi connectivity index (χ1n) is 8.75. The number of Topliss-reactive ketones (excluding diaryl/α,β-unsaturated/α-hetero) is 1. The minimum absolute atomic E-state index is 0.0644. The topological polar surface area (TPSA) is 46.2 Å². The minimum atomic E-state index is -0.301. The van der Waals surface area contributed by atoms with E-state index >= 15 is 0 Å². The molecule has 0 radical (unpaired) electrons. The average molecular weight is 343 g/mol. The van der Waals surface area contributed by atoms with Crippen molar-refractivity contribution in [2.24, 2.45) is 0 Å². The third-order valence-electron chi connectivity index (χ3n) is 4.40. The van der Waals surface area contributed by atoms with E-state index < -0.39 is 0 Å². The zero-order valence-corrected chi connectivity index (χ0v) is 14.7. The highest BCUT2D eigenvalue weighted by Gasteiger charge is 2.23. The summed E-state index contributed by atoms with van der Waals surface area (Å²) >= 11 is 0. The molecule has 3 heteroatoms. The number of para-hydroxylation sites is 1.